The Hall–Kier alpha value is -2.92. The van der Waals surface area contributed by atoms with Gasteiger partial charge in [0.25, 0.3) is 0 Å². The van der Waals surface area contributed by atoms with E-state index in [-0.39, 0.29) is 0 Å². The highest BCUT2D eigenvalue weighted by Gasteiger charge is 2.20. The maximum Gasteiger partial charge on any atom is 0.303 e. The lowest BCUT2D eigenvalue weighted by atomic mass is 9.83. The van der Waals surface area contributed by atoms with Gasteiger partial charge < -0.3 is 5.53 Å². The Bertz CT molecular complexity index is 1230. The molecule has 0 saturated carbocycles. The summed E-state index contributed by atoms with van der Waals surface area (Å²) in [6, 6.07) is 18.5. The highest BCUT2D eigenvalue weighted by Crippen LogP contribution is 2.37. The summed E-state index contributed by atoms with van der Waals surface area (Å²) in [5.74, 6) is 3.08. The van der Waals surface area contributed by atoms with Crippen LogP contribution in [0, 0.1) is 0 Å². The van der Waals surface area contributed by atoms with Gasteiger partial charge in [-0.1, -0.05) is 165 Å². The lowest BCUT2D eigenvalue weighted by Crippen LogP contribution is -2.04. The maximum atomic E-state index is 9.80. The van der Waals surface area contributed by atoms with E-state index in [0.717, 1.165) is 63.4 Å². The molecule has 2 aromatic rings. The monoisotopic (exact) mass is 637 g/mol. The molecule has 2 aromatic carbocycles. The summed E-state index contributed by atoms with van der Waals surface area (Å²) < 4.78 is 0. The van der Waals surface area contributed by atoms with Gasteiger partial charge in [-0.15, -0.1) is 4.79 Å². The Morgan fingerprint density at radius 3 is 1.87 bits per heavy atom. The van der Waals surface area contributed by atoms with Crippen LogP contribution < -0.4 is 0 Å². The number of hydrogen-bond donors (Lipinski definition) is 0. The summed E-state index contributed by atoms with van der Waals surface area (Å²) in [5.41, 5.74) is 19.0. The summed E-state index contributed by atoms with van der Waals surface area (Å²) in [5, 5.41) is 0. The second-order valence-electron chi connectivity index (χ2n) is 13.5. The average Bonchev–Trinajstić information content (AvgIpc) is 3.10. The van der Waals surface area contributed by atoms with E-state index in [1.807, 2.05) is 0 Å². The van der Waals surface area contributed by atoms with Crippen molar-refractivity contribution in [3.8, 4) is 0 Å². The van der Waals surface area contributed by atoms with Crippen molar-refractivity contribution in [3.63, 3.8) is 0 Å². The molecule has 258 valence electrons. The molecule has 0 aliphatic carbocycles. The predicted molar refractivity (Wildman–Crippen MR) is 207 cm³/mol. The summed E-state index contributed by atoms with van der Waals surface area (Å²) in [6.07, 6.45) is 32.5. The number of benzene rings is 2. The zero-order valence-corrected chi connectivity index (χ0v) is 30.9. The van der Waals surface area contributed by atoms with Gasteiger partial charge in [-0.3, -0.25) is 0 Å². The smallest absolute Gasteiger partial charge is 0.303 e. The van der Waals surface area contributed by atoms with E-state index in [1.54, 1.807) is 0 Å². The summed E-state index contributed by atoms with van der Waals surface area (Å²) in [7, 11) is 0. The molecule has 47 heavy (non-hydrogen) atoms. The third-order valence-corrected chi connectivity index (χ3v) is 9.47. The van der Waals surface area contributed by atoms with Gasteiger partial charge in [-0.05, 0) is 104 Å². The van der Waals surface area contributed by atoms with Crippen LogP contribution in [-0.4, -0.2) is 10.7 Å². The van der Waals surface area contributed by atoms with E-state index < -0.39 is 0 Å². The molecule has 0 spiro atoms. The van der Waals surface area contributed by atoms with Gasteiger partial charge in [-0.25, -0.2) is 0 Å². The fraction of sp³-hybridized carbons (Fsp3) is 0.600. The van der Waals surface area contributed by atoms with E-state index in [9.17, 15) is 5.53 Å². The van der Waals surface area contributed by atoms with Gasteiger partial charge in [0.15, 0.2) is 0 Å². The van der Waals surface area contributed by atoms with Gasteiger partial charge in [0.1, 0.15) is 0 Å². The van der Waals surface area contributed by atoms with Gasteiger partial charge in [0.05, 0.1) is 5.57 Å². The number of aryl methyl sites for hydroxylation is 2. The fourth-order valence-electron chi connectivity index (χ4n) is 6.60. The van der Waals surface area contributed by atoms with E-state index in [2.05, 4.69) is 99.0 Å². The quantitative estimate of drug-likeness (QED) is 0.0234. The molecule has 0 amide bonds. The molecule has 0 fully saturated rings. The molecule has 0 saturated heterocycles. The van der Waals surface area contributed by atoms with Crippen molar-refractivity contribution >= 4 is 11.4 Å². The fourth-order valence-corrected chi connectivity index (χ4v) is 6.60. The number of unbranched alkanes of at least 4 members (excludes halogenated alkanes) is 14. The van der Waals surface area contributed by atoms with E-state index in [4.69, 9.17) is 0 Å². The Labute approximate surface area is 290 Å². The lowest BCUT2D eigenvalue weighted by molar-refractivity contribution is 0.00739. The lowest BCUT2D eigenvalue weighted by Gasteiger charge is -2.20. The van der Waals surface area contributed by atoms with Crippen molar-refractivity contribution in [3.05, 3.63) is 99.6 Å². The van der Waals surface area contributed by atoms with Crippen molar-refractivity contribution < 1.29 is 4.79 Å². The second kappa shape index (κ2) is 27.1. The molecule has 0 heterocycles. The standard InChI is InChI=1S/C45H68N2/c1-5-9-13-16-18-19-20-21-24-30-40-31-26-27-33-43(40)45(41-36-34-39(35-37-41)28-23-15-11-7-3)44(32-25-22-17-14-10-6-2)42(38-47-46)29-12-8-4/h19-20,26-27,31,33-37H,5-18,21-25,28-30,32H2,1-4H3. The van der Waals surface area contributed by atoms with Crippen molar-refractivity contribution in [1.82, 2.24) is 0 Å². The molecule has 2 heteroatoms. The topological polar surface area (TPSA) is 36.4 Å². The summed E-state index contributed by atoms with van der Waals surface area (Å²) in [4.78, 5) is 3.51. The summed E-state index contributed by atoms with van der Waals surface area (Å²) >= 11 is 0. The first-order valence-corrected chi connectivity index (χ1v) is 19.7. The minimum Gasteiger partial charge on any atom is -0.348 e. The van der Waals surface area contributed by atoms with Crippen LogP contribution in [0.2, 0.25) is 0 Å². The summed E-state index contributed by atoms with van der Waals surface area (Å²) in [6.45, 7) is 9.07. The van der Waals surface area contributed by atoms with Crippen LogP contribution in [0.25, 0.3) is 11.1 Å². The second-order valence-corrected chi connectivity index (χ2v) is 13.5. The molecule has 0 atom stereocenters. The average molecular weight is 637 g/mol. The van der Waals surface area contributed by atoms with Gasteiger partial charge in [0, 0.05) is 0 Å². The number of hydrogen-bond acceptors (Lipinski definition) is 0. The third-order valence-electron chi connectivity index (χ3n) is 9.47. The molecule has 0 radical (unpaired) electrons. The van der Waals surface area contributed by atoms with Crippen LogP contribution >= 0.6 is 0 Å². The van der Waals surface area contributed by atoms with Crippen molar-refractivity contribution in [1.29, 1.82) is 0 Å². The molecule has 0 aromatic heterocycles. The molecule has 0 bridgehead atoms. The zero-order chi connectivity index (χ0) is 33.8. The van der Waals surface area contributed by atoms with E-state index in [1.165, 1.54) is 123 Å². The van der Waals surface area contributed by atoms with Crippen molar-refractivity contribution in [2.24, 2.45) is 0 Å². The number of rotatable bonds is 27. The molecule has 0 N–H and O–H groups in total. The van der Waals surface area contributed by atoms with Gasteiger partial charge in [0.2, 0.25) is 0 Å². The largest absolute Gasteiger partial charge is 0.348 e. The molecular formula is C45H68N2. The molecule has 0 aliphatic heterocycles. The van der Waals surface area contributed by atoms with Crippen LogP contribution in [0.15, 0.2) is 71.8 Å². The Morgan fingerprint density at radius 2 is 1.19 bits per heavy atom. The molecule has 2 nitrogen and oxygen atoms in total. The first-order valence-electron chi connectivity index (χ1n) is 19.7. The third kappa shape index (κ3) is 16.6. The molecule has 0 aliphatic rings. The predicted octanol–water partition coefficient (Wildman–Crippen LogP) is 14.2. The molecular weight excluding hydrogens is 569 g/mol. The van der Waals surface area contributed by atoms with Crippen molar-refractivity contribution in [2.45, 2.75) is 175 Å². The van der Waals surface area contributed by atoms with Crippen LogP contribution in [0.1, 0.15) is 185 Å². The van der Waals surface area contributed by atoms with Crippen LogP contribution in [0.3, 0.4) is 0 Å². The van der Waals surface area contributed by atoms with Crippen LogP contribution in [0.4, 0.5) is 0 Å². The first-order chi connectivity index (χ1) is 23.2. The highest BCUT2D eigenvalue weighted by molar-refractivity contribution is 5.88. The minimum absolute atomic E-state index is 0.885. The van der Waals surface area contributed by atoms with Gasteiger partial charge >= 0.3 is 5.87 Å². The normalized spacial score (nSPS) is 11.8. The van der Waals surface area contributed by atoms with Gasteiger partial charge in [-0.2, -0.15) is 0 Å². The van der Waals surface area contributed by atoms with Crippen molar-refractivity contribution in [2.75, 3.05) is 0 Å². The van der Waals surface area contributed by atoms with Crippen LogP contribution in [-0.2, 0) is 12.8 Å². The Balaban J connectivity index is 2.51. The maximum absolute atomic E-state index is 9.80. The first kappa shape index (κ1) is 40.3. The Morgan fingerprint density at radius 1 is 0.596 bits per heavy atom. The highest BCUT2D eigenvalue weighted by atomic mass is 14.8. The minimum atomic E-state index is 0.885. The molecule has 2 rings (SSSR count). The van der Waals surface area contributed by atoms with E-state index in [0.29, 0.717) is 0 Å². The Kier molecular flexibility index (Phi) is 23.2. The number of nitrogens with zero attached hydrogens (tertiary/aromatic N) is 2. The van der Waals surface area contributed by atoms with E-state index >= 15 is 0 Å². The zero-order valence-electron chi connectivity index (χ0n) is 30.9. The number of allylic oxidation sites excluding steroid dienone is 4. The molecule has 0 unspecified atom stereocenters. The SMILES string of the molecule is CCCCCCC=CCCCc1ccccc1C(=C(CCCCCCCC)C(=C=[N+]=[N-])CCCC)c1ccc(CCCCCC)cc1. The van der Waals surface area contributed by atoms with Crippen LogP contribution in [0.5, 0.6) is 0 Å².